The zero-order valence-corrected chi connectivity index (χ0v) is 26.4. The van der Waals surface area contributed by atoms with Crippen molar-refractivity contribution in [3.05, 3.63) is 147 Å². The normalized spacial score (nSPS) is 13.5. The van der Waals surface area contributed by atoms with Crippen molar-refractivity contribution in [2.45, 2.75) is 44.8 Å². The second kappa shape index (κ2) is 13.4. The number of anilines is 2. The van der Waals surface area contributed by atoms with Gasteiger partial charge in [-0.05, 0) is 47.7 Å². The molecule has 0 saturated carbocycles. The summed E-state index contributed by atoms with van der Waals surface area (Å²) in [5.74, 6) is 2.16. The molecule has 5 nitrogen and oxygen atoms in total. The topological polar surface area (TPSA) is 47.5 Å². The Balaban J connectivity index is 1.35. The monoisotopic (exact) mass is 623 g/mol. The maximum Gasteiger partial charge on any atom is 0.222 e. The smallest absolute Gasteiger partial charge is 0.222 e. The van der Waals surface area contributed by atoms with Crippen LogP contribution in [-0.2, 0) is 23.2 Å². The minimum absolute atomic E-state index is 0.248. The maximum atomic E-state index is 7.10. The summed E-state index contributed by atoms with van der Waals surface area (Å²) in [6.45, 7) is 5.24. The first-order chi connectivity index (χ1) is 21.5. The number of benzene rings is 4. The van der Waals surface area contributed by atoms with E-state index in [0.717, 1.165) is 59.0 Å². The van der Waals surface area contributed by atoms with Crippen LogP contribution >= 0.6 is 23.2 Å². The first-order valence-corrected chi connectivity index (χ1v) is 15.9. The second-order valence-electron chi connectivity index (χ2n) is 10.8. The SMILES string of the molecule is CCc1nc(OC(CC)COC(c2ccccc2)(c2ccccc2)c2ccccc2)c2c(n1)N(c1ccc(Cl)cc1Cl)CC2. The minimum Gasteiger partial charge on any atom is -0.472 e. The van der Waals surface area contributed by atoms with Gasteiger partial charge in [0.15, 0.2) is 0 Å². The van der Waals surface area contributed by atoms with E-state index in [-0.39, 0.29) is 6.10 Å². The minimum atomic E-state index is -0.828. The first kappa shape index (κ1) is 30.1. The van der Waals surface area contributed by atoms with Gasteiger partial charge < -0.3 is 14.4 Å². The van der Waals surface area contributed by atoms with Crippen LogP contribution < -0.4 is 9.64 Å². The lowest BCUT2D eigenvalue weighted by Crippen LogP contribution is -2.37. The Morgan fingerprint density at radius 1 is 0.795 bits per heavy atom. The number of hydrogen-bond acceptors (Lipinski definition) is 5. The molecule has 0 bridgehead atoms. The molecule has 7 heteroatoms. The Bertz CT molecular complexity index is 1600. The number of rotatable bonds is 11. The van der Waals surface area contributed by atoms with Crippen LogP contribution in [0, 0.1) is 0 Å². The van der Waals surface area contributed by atoms with Crippen LogP contribution in [0.25, 0.3) is 0 Å². The van der Waals surface area contributed by atoms with E-state index >= 15 is 0 Å². The van der Waals surface area contributed by atoms with Crippen molar-refractivity contribution in [2.75, 3.05) is 18.1 Å². The highest BCUT2D eigenvalue weighted by atomic mass is 35.5. The van der Waals surface area contributed by atoms with E-state index in [1.807, 2.05) is 30.3 Å². The van der Waals surface area contributed by atoms with E-state index < -0.39 is 5.60 Å². The summed E-state index contributed by atoms with van der Waals surface area (Å²) >= 11 is 12.8. The lowest BCUT2D eigenvalue weighted by atomic mass is 9.80. The van der Waals surface area contributed by atoms with Crippen LogP contribution in [-0.4, -0.2) is 29.2 Å². The Labute approximate surface area is 269 Å². The molecule has 0 amide bonds. The summed E-state index contributed by atoms with van der Waals surface area (Å²) in [6.07, 6.45) is 1.91. The van der Waals surface area contributed by atoms with Gasteiger partial charge in [0.2, 0.25) is 5.88 Å². The highest BCUT2D eigenvalue weighted by Crippen LogP contribution is 2.43. The molecule has 5 aromatic rings. The van der Waals surface area contributed by atoms with Crippen LogP contribution in [0.2, 0.25) is 10.0 Å². The summed E-state index contributed by atoms with van der Waals surface area (Å²) in [5.41, 5.74) is 4.18. The number of halogens is 2. The average molecular weight is 625 g/mol. The maximum absolute atomic E-state index is 7.10. The first-order valence-electron chi connectivity index (χ1n) is 15.1. The van der Waals surface area contributed by atoms with Crippen LogP contribution in [0.1, 0.15) is 48.3 Å². The van der Waals surface area contributed by atoms with Crippen molar-refractivity contribution >= 4 is 34.7 Å². The quantitative estimate of drug-likeness (QED) is 0.137. The molecule has 44 heavy (non-hydrogen) atoms. The Morgan fingerprint density at radius 2 is 1.39 bits per heavy atom. The fourth-order valence-corrected chi connectivity index (χ4v) is 6.35. The van der Waals surface area contributed by atoms with Crippen molar-refractivity contribution in [3.8, 4) is 5.88 Å². The highest BCUT2D eigenvalue weighted by Gasteiger charge is 2.38. The average Bonchev–Trinajstić information content (AvgIpc) is 3.50. The second-order valence-corrected chi connectivity index (χ2v) is 11.7. The highest BCUT2D eigenvalue weighted by molar-refractivity contribution is 6.36. The van der Waals surface area contributed by atoms with E-state index in [0.29, 0.717) is 29.0 Å². The molecule has 6 rings (SSSR count). The fraction of sp³-hybridized carbons (Fsp3) is 0.243. The summed E-state index contributed by atoms with van der Waals surface area (Å²) in [5, 5.41) is 1.19. The van der Waals surface area contributed by atoms with Gasteiger partial charge in [-0.2, -0.15) is 4.98 Å². The van der Waals surface area contributed by atoms with Crippen molar-refractivity contribution in [1.82, 2.24) is 9.97 Å². The zero-order chi connectivity index (χ0) is 30.5. The summed E-state index contributed by atoms with van der Waals surface area (Å²) < 4.78 is 13.8. The number of aromatic nitrogens is 2. The summed E-state index contributed by atoms with van der Waals surface area (Å²) in [4.78, 5) is 11.9. The van der Waals surface area contributed by atoms with Gasteiger partial charge in [0.25, 0.3) is 0 Å². The standard InChI is InChI=1S/C37H35Cl2N3O2/c1-3-30(44-36-31-22-23-42(35(31)40-34(4-2)41-36)33-21-20-29(38)24-32(33)39)25-43-37(26-14-8-5-9-15-26,27-16-10-6-11-17-27)28-18-12-7-13-19-28/h5-21,24,30H,3-4,22-23,25H2,1-2H3. The van der Waals surface area contributed by atoms with Gasteiger partial charge in [0, 0.05) is 18.0 Å². The van der Waals surface area contributed by atoms with Crippen molar-refractivity contribution in [2.24, 2.45) is 0 Å². The number of hydrogen-bond donors (Lipinski definition) is 0. The largest absolute Gasteiger partial charge is 0.472 e. The molecule has 0 N–H and O–H groups in total. The molecule has 0 spiro atoms. The number of fused-ring (bicyclic) bond motifs is 1. The molecule has 0 radical (unpaired) electrons. The van der Waals surface area contributed by atoms with E-state index in [9.17, 15) is 0 Å². The lowest BCUT2D eigenvalue weighted by Gasteiger charge is -2.37. The van der Waals surface area contributed by atoms with Gasteiger partial charge >= 0.3 is 0 Å². The van der Waals surface area contributed by atoms with Gasteiger partial charge in [0.05, 0.1) is 22.9 Å². The molecule has 1 atom stereocenters. The van der Waals surface area contributed by atoms with Crippen molar-refractivity contribution in [3.63, 3.8) is 0 Å². The van der Waals surface area contributed by atoms with E-state index in [4.69, 9.17) is 42.6 Å². The third-order valence-corrected chi connectivity index (χ3v) is 8.65. The predicted octanol–water partition coefficient (Wildman–Crippen LogP) is 9.21. The van der Waals surface area contributed by atoms with E-state index in [1.165, 1.54) is 0 Å². The third-order valence-electron chi connectivity index (χ3n) is 8.11. The number of aryl methyl sites for hydroxylation is 1. The molecule has 1 aromatic heterocycles. The molecule has 2 heterocycles. The van der Waals surface area contributed by atoms with E-state index in [1.54, 1.807) is 6.07 Å². The fourth-order valence-electron chi connectivity index (χ4n) is 5.84. The molecule has 1 aliphatic heterocycles. The molecule has 1 aliphatic rings. The number of ether oxygens (including phenoxy) is 2. The van der Waals surface area contributed by atoms with Crippen molar-refractivity contribution < 1.29 is 9.47 Å². The Kier molecular flexibility index (Phi) is 9.17. The molecule has 0 saturated heterocycles. The zero-order valence-electron chi connectivity index (χ0n) is 24.9. The molecule has 1 unspecified atom stereocenters. The van der Waals surface area contributed by atoms with E-state index in [2.05, 4.69) is 91.5 Å². The summed E-state index contributed by atoms with van der Waals surface area (Å²) in [7, 11) is 0. The van der Waals surface area contributed by atoms with Gasteiger partial charge in [-0.3, -0.25) is 0 Å². The number of nitrogens with zero attached hydrogens (tertiary/aromatic N) is 3. The molecule has 0 aliphatic carbocycles. The Hall–Kier alpha value is -3.90. The third kappa shape index (κ3) is 5.92. The molecular formula is C37H35Cl2N3O2. The van der Waals surface area contributed by atoms with Gasteiger partial charge in [-0.25, -0.2) is 4.98 Å². The molecule has 224 valence electrons. The van der Waals surface area contributed by atoms with Gasteiger partial charge in [0.1, 0.15) is 23.3 Å². The van der Waals surface area contributed by atoms with Crippen LogP contribution in [0.3, 0.4) is 0 Å². The lowest BCUT2D eigenvalue weighted by molar-refractivity contribution is -0.0324. The Morgan fingerprint density at radius 3 is 1.91 bits per heavy atom. The molecule has 0 fully saturated rings. The van der Waals surface area contributed by atoms with Gasteiger partial charge in [-0.15, -0.1) is 0 Å². The van der Waals surface area contributed by atoms with Crippen molar-refractivity contribution in [1.29, 1.82) is 0 Å². The van der Waals surface area contributed by atoms with Gasteiger partial charge in [-0.1, -0.05) is 128 Å². The van der Waals surface area contributed by atoms with Crippen LogP contribution in [0.4, 0.5) is 11.5 Å². The molecular weight excluding hydrogens is 589 g/mol. The van der Waals surface area contributed by atoms with Crippen LogP contribution in [0.5, 0.6) is 5.88 Å². The summed E-state index contributed by atoms with van der Waals surface area (Å²) in [6, 6.07) is 36.8. The molecule has 4 aromatic carbocycles. The van der Waals surface area contributed by atoms with Crippen LogP contribution in [0.15, 0.2) is 109 Å². The predicted molar refractivity (Wildman–Crippen MR) is 178 cm³/mol.